The zero-order valence-corrected chi connectivity index (χ0v) is 24.7. The highest BCUT2D eigenvalue weighted by Crippen LogP contribution is 2.42. The highest BCUT2D eigenvalue weighted by atomic mass is 19.4. The number of halogens is 4. The average Bonchev–Trinajstić information content (AvgIpc) is 3.68. The van der Waals surface area contributed by atoms with Crippen LogP contribution in [0.2, 0.25) is 0 Å². The number of nitrogens with one attached hydrogen (secondary N) is 1. The lowest BCUT2D eigenvalue weighted by molar-refractivity contribution is -0.141. The lowest BCUT2D eigenvalue weighted by Crippen LogP contribution is -2.55. The maximum absolute atomic E-state index is 14.2. The van der Waals surface area contributed by atoms with E-state index in [0.29, 0.717) is 28.7 Å². The van der Waals surface area contributed by atoms with E-state index in [1.807, 2.05) is 12.1 Å². The van der Waals surface area contributed by atoms with E-state index in [0.717, 1.165) is 11.1 Å². The molecule has 1 N–H and O–H groups in total. The number of nitrogens with zero attached hydrogens (tertiary/aromatic N) is 7. The summed E-state index contributed by atoms with van der Waals surface area (Å²) < 4.78 is 55.8. The van der Waals surface area contributed by atoms with Crippen molar-refractivity contribution in [1.29, 1.82) is 5.26 Å². The molecule has 0 aliphatic carbocycles. The van der Waals surface area contributed by atoms with Crippen LogP contribution >= 0.6 is 0 Å². The molecular formula is C32H26F4N8O3. The lowest BCUT2D eigenvalue weighted by atomic mass is 9.81. The number of carbonyl (C=O) groups excluding carboxylic acids is 3. The average molecular weight is 647 g/mol. The molecule has 2 aliphatic rings. The maximum atomic E-state index is 14.2. The van der Waals surface area contributed by atoms with Crippen LogP contribution < -0.4 is 10.2 Å². The summed E-state index contributed by atoms with van der Waals surface area (Å²) in [5, 5.41) is 16.6. The Kier molecular flexibility index (Phi) is 8.18. The number of nitriles is 1. The van der Waals surface area contributed by atoms with Crippen molar-refractivity contribution in [1.82, 2.24) is 30.0 Å². The van der Waals surface area contributed by atoms with Crippen molar-refractivity contribution in [2.45, 2.75) is 43.7 Å². The second-order valence-electron chi connectivity index (χ2n) is 11.0. The second kappa shape index (κ2) is 12.3. The van der Waals surface area contributed by atoms with E-state index in [4.69, 9.17) is 0 Å². The van der Waals surface area contributed by atoms with Gasteiger partial charge in [0.15, 0.2) is 0 Å². The normalized spacial score (nSPS) is 20.9. The minimum Gasteiger partial charge on any atom is -0.337 e. The Morgan fingerprint density at radius 3 is 2.57 bits per heavy atom. The molecule has 4 aromatic rings. The van der Waals surface area contributed by atoms with Crippen molar-refractivity contribution in [3.05, 3.63) is 101 Å². The number of hydrogen-bond donors (Lipinski definition) is 1. The number of likely N-dealkylation sites (tertiary alicyclic amines) is 1. The van der Waals surface area contributed by atoms with E-state index in [-0.39, 0.29) is 25.1 Å². The van der Waals surface area contributed by atoms with Gasteiger partial charge in [-0.3, -0.25) is 19.3 Å². The fourth-order valence-corrected chi connectivity index (χ4v) is 6.01. The van der Waals surface area contributed by atoms with Crippen LogP contribution in [0.3, 0.4) is 0 Å². The zero-order valence-electron chi connectivity index (χ0n) is 24.7. The molecule has 4 atom stereocenters. The zero-order chi connectivity index (χ0) is 33.5. The summed E-state index contributed by atoms with van der Waals surface area (Å²) in [6.07, 6.45) is -3.98. The van der Waals surface area contributed by atoms with Crippen molar-refractivity contribution in [3.63, 3.8) is 0 Å². The SMILES string of the molecule is CCN1C(=O)[C@@H](NC(=O)c2nccc(C(F)(F)F)n2)[C@H](c2cccc(C(=O)N3C[C@@H](F)C[C@H]3C#N)c2)c2cnn(-c3ccccc3)c21. The van der Waals surface area contributed by atoms with E-state index < -0.39 is 59.6 Å². The molecule has 11 nitrogen and oxygen atoms in total. The first-order valence-electron chi connectivity index (χ1n) is 14.6. The molecule has 0 radical (unpaired) electrons. The van der Waals surface area contributed by atoms with Crippen LogP contribution in [0.5, 0.6) is 0 Å². The molecule has 6 rings (SSSR count). The number of amides is 3. The van der Waals surface area contributed by atoms with Gasteiger partial charge in [-0.1, -0.05) is 30.3 Å². The predicted molar refractivity (Wildman–Crippen MR) is 158 cm³/mol. The fourth-order valence-electron chi connectivity index (χ4n) is 6.01. The molecule has 2 aliphatic heterocycles. The Morgan fingerprint density at radius 1 is 1.11 bits per heavy atom. The fraction of sp³-hybridized carbons (Fsp3) is 0.281. The Morgan fingerprint density at radius 2 is 1.87 bits per heavy atom. The van der Waals surface area contributed by atoms with Crippen LogP contribution in [0.4, 0.5) is 23.4 Å². The molecule has 0 bridgehead atoms. The molecule has 2 aromatic heterocycles. The van der Waals surface area contributed by atoms with E-state index in [1.165, 1.54) is 23.2 Å². The molecule has 3 amide bonds. The van der Waals surface area contributed by atoms with Crippen LogP contribution in [0.15, 0.2) is 73.1 Å². The standard InChI is InChI=1S/C32H26F4N8O3/c1-2-42-29-23(16-39-44(29)21-9-4-3-5-10-21)25(18-7-6-8-19(13-18)30(46)43-17-20(33)14-22(43)15-37)26(31(42)47)41-28(45)27-38-12-11-24(40-27)32(34,35)36/h3-13,16,20,22,25-26H,2,14,17H2,1H3,(H,41,45)/t20-,22-,25+,26-/m0/s1. The predicted octanol–water partition coefficient (Wildman–Crippen LogP) is 4.05. The third kappa shape index (κ3) is 5.78. The first-order valence-corrected chi connectivity index (χ1v) is 14.6. The van der Waals surface area contributed by atoms with E-state index in [9.17, 15) is 37.2 Å². The molecular weight excluding hydrogens is 620 g/mol. The summed E-state index contributed by atoms with van der Waals surface area (Å²) >= 11 is 0. The molecule has 2 aromatic carbocycles. The van der Waals surface area contributed by atoms with Gasteiger partial charge in [0.25, 0.3) is 17.7 Å². The van der Waals surface area contributed by atoms with Crippen molar-refractivity contribution < 1.29 is 31.9 Å². The number of alkyl halides is 4. The number of rotatable bonds is 6. The van der Waals surface area contributed by atoms with Crippen LogP contribution in [-0.2, 0) is 11.0 Å². The monoisotopic (exact) mass is 646 g/mol. The van der Waals surface area contributed by atoms with E-state index in [1.54, 1.807) is 48.0 Å². The van der Waals surface area contributed by atoms with Gasteiger partial charge < -0.3 is 10.2 Å². The first-order chi connectivity index (χ1) is 22.5. The number of hydrogen-bond acceptors (Lipinski definition) is 7. The molecule has 0 spiro atoms. The van der Waals surface area contributed by atoms with Gasteiger partial charge in [0.2, 0.25) is 5.82 Å². The topological polar surface area (TPSA) is 137 Å². The van der Waals surface area contributed by atoms with Crippen molar-refractivity contribution in [2.24, 2.45) is 0 Å². The van der Waals surface area contributed by atoms with Gasteiger partial charge in [-0.05, 0) is 42.8 Å². The quantitative estimate of drug-likeness (QED) is 0.312. The number of para-hydroxylation sites is 1. The Labute approximate surface area is 265 Å². The number of carbonyl (C=O) groups is 3. The number of benzene rings is 2. The summed E-state index contributed by atoms with van der Waals surface area (Å²) in [6, 6.07) is 15.4. The number of fused-ring (bicyclic) bond motifs is 1. The summed E-state index contributed by atoms with van der Waals surface area (Å²) in [5.41, 5.74) is 0.291. The van der Waals surface area contributed by atoms with Gasteiger partial charge in [0.05, 0.1) is 24.5 Å². The van der Waals surface area contributed by atoms with Gasteiger partial charge in [-0.25, -0.2) is 19.0 Å². The number of anilines is 1. The van der Waals surface area contributed by atoms with Gasteiger partial charge >= 0.3 is 6.18 Å². The molecule has 0 saturated carbocycles. The Bertz CT molecular complexity index is 1890. The van der Waals surface area contributed by atoms with E-state index >= 15 is 0 Å². The van der Waals surface area contributed by atoms with Gasteiger partial charge in [0.1, 0.15) is 29.8 Å². The summed E-state index contributed by atoms with van der Waals surface area (Å²) in [5.74, 6) is -3.68. The van der Waals surface area contributed by atoms with Crippen LogP contribution in [0.25, 0.3) is 5.69 Å². The van der Waals surface area contributed by atoms with Crippen LogP contribution in [0.1, 0.15) is 57.1 Å². The number of aromatic nitrogens is 4. The summed E-state index contributed by atoms with van der Waals surface area (Å²) in [6.45, 7) is 1.62. The molecule has 1 fully saturated rings. The third-order valence-corrected chi connectivity index (χ3v) is 8.13. The third-order valence-electron chi connectivity index (χ3n) is 8.13. The Hall–Kier alpha value is -5.65. The Balaban J connectivity index is 1.46. The molecule has 47 heavy (non-hydrogen) atoms. The van der Waals surface area contributed by atoms with E-state index in [2.05, 4.69) is 20.4 Å². The van der Waals surface area contributed by atoms with Crippen molar-refractivity contribution in [3.8, 4) is 11.8 Å². The summed E-state index contributed by atoms with van der Waals surface area (Å²) in [7, 11) is 0. The molecule has 1 saturated heterocycles. The summed E-state index contributed by atoms with van der Waals surface area (Å²) in [4.78, 5) is 50.7. The lowest BCUT2D eigenvalue weighted by Gasteiger charge is -2.38. The molecule has 15 heteroatoms. The molecule has 240 valence electrons. The highest BCUT2D eigenvalue weighted by molar-refractivity contribution is 6.04. The number of likely N-dealkylation sites (N-methyl/N-ethyl adjacent to an activating group) is 1. The first kappa shape index (κ1) is 31.3. The molecule has 0 unspecified atom stereocenters. The van der Waals surface area contributed by atoms with Gasteiger partial charge in [-0.2, -0.15) is 23.5 Å². The largest absolute Gasteiger partial charge is 0.433 e. The van der Waals surface area contributed by atoms with Crippen molar-refractivity contribution >= 4 is 23.5 Å². The smallest absolute Gasteiger partial charge is 0.337 e. The van der Waals surface area contributed by atoms with Gasteiger partial charge in [0, 0.05) is 36.2 Å². The van der Waals surface area contributed by atoms with Crippen molar-refractivity contribution in [2.75, 3.05) is 18.0 Å². The highest BCUT2D eigenvalue weighted by Gasteiger charge is 2.45. The maximum Gasteiger partial charge on any atom is 0.433 e. The van der Waals surface area contributed by atoms with Crippen LogP contribution in [-0.4, -0.2) is 73.7 Å². The second-order valence-corrected chi connectivity index (χ2v) is 11.0. The minimum atomic E-state index is -4.84. The minimum absolute atomic E-state index is 0.111. The van der Waals surface area contributed by atoms with Crippen LogP contribution in [0, 0.1) is 11.3 Å². The molecule has 4 heterocycles. The van der Waals surface area contributed by atoms with Gasteiger partial charge in [-0.15, -0.1) is 0 Å².